The summed E-state index contributed by atoms with van der Waals surface area (Å²) in [6.07, 6.45) is 0.316. The van der Waals surface area contributed by atoms with Gasteiger partial charge in [-0.05, 0) is 17.2 Å². The lowest BCUT2D eigenvalue weighted by molar-refractivity contribution is -0.128. The molecule has 0 N–H and O–H groups in total. The van der Waals surface area contributed by atoms with E-state index >= 15 is 0 Å². The molecule has 0 spiro atoms. The highest BCUT2D eigenvalue weighted by atomic mass is 16.5. The molecule has 1 aliphatic heterocycles. The summed E-state index contributed by atoms with van der Waals surface area (Å²) in [6, 6.07) is 29.3. The van der Waals surface area contributed by atoms with Crippen LogP contribution in [0.1, 0.15) is 29.0 Å². The zero-order chi connectivity index (χ0) is 20.1. The van der Waals surface area contributed by atoms with E-state index in [4.69, 9.17) is 4.74 Å². The summed E-state index contributed by atoms with van der Waals surface area (Å²) < 4.78 is 6.08. The number of hydrogen-bond acceptors (Lipinski definition) is 3. The first-order valence-electron chi connectivity index (χ1n) is 9.75. The Morgan fingerprint density at radius 2 is 1.52 bits per heavy atom. The average Bonchev–Trinajstić information content (AvgIpc) is 3.09. The minimum atomic E-state index is -0.510. The lowest BCUT2D eigenvalue weighted by Gasteiger charge is -2.24. The van der Waals surface area contributed by atoms with E-state index in [1.54, 1.807) is 4.90 Å². The van der Waals surface area contributed by atoms with Crippen LogP contribution in [0.25, 0.3) is 0 Å². The van der Waals surface area contributed by atoms with E-state index in [-0.39, 0.29) is 11.8 Å². The van der Waals surface area contributed by atoms with Crippen molar-refractivity contribution in [2.24, 2.45) is 0 Å². The highest BCUT2D eigenvalue weighted by Gasteiger charge is 2.41. The van der Waals surface area contributed by atoms with Gasteiger partial charge < -0.3 is 9.64 Å². The van der Waals surface area contributed by atoms with Crippen LogP contribution in [0.3, 0.4) is 0 Å². The van der Waals surface area contributed by atoms with E-state index in [1.165, 1.54) is 0 Å². The van der Waals surface area contributed by atoms with Gasteiger partial charge in [-0.1, -0.05) is 78.9 Å². The van der Waals surface area contributed by atoms with Crippen molar-refractivity contribution in [2.75, 3.05) is 0 Å². The van der Waals surface area contributed by atoms with Gasteiger partial charge >= 0.3 is 0 Å². The lowest BCUT2D eigenvalue weighted by atomic mass is 9.91. The van der Waals surface area contributed by atoms with Crippen LogP contribution in [-0.2, 0) is 17.9 Å². The molecular weight excluding hydrogens is 360 g/mol. The molecule has 4 rings (SSSR count). The van der Waals surface area contributed by atoms with Gasteiger partial charge in [-0.3, -0.25) is 4.79 Å². The molecule has 0 aliphatic carbocycles. The first kappa shape index (κ1) is 18.8. The quantitative estimate of drug-likeness (QED) is 0.622. The van der Waals surface area contributed by atoms with Crippen LogP contribution in [0, 0.1) is 11.3 Å². The van der Waals surface area contributed by atoms with Crippen molar-refractivity contribution in [1.29, 1.82) is 5.26 Å². The zero-order valence-corrected chi connectivity index (χ0v) is 16.1. The number of nitrogens with zero attached hydrogens (tertiary/aromatic N) is 2. The number of amides is 1. The molecule has 1 aliphatic rings. The molecule has 1 heterocycles. The fourth-order valence-electron chi connectivity index (χ4n) is 3.85. The third-order valence-corrected chi connectivity index (χ3v) is 5.32. The predicted octanol–water partition coefficient (Wildman–Crippen LogP) is 4.67. The fourth-order valence-corrected chi connectivity index (χ4v) is 3.85. The van der Waals surface area contributed by atoms with Crippen molar-refractivity contribution in [3.63, 3.8) is 0 Å². The summed E-state index contributed by atoms with van der Waals surface area (Å²) >= 11 is 0. The molecule has 4 nitrogen and oxygen atoms in total. The van der Waals surface area contributed by atoms with Crippen molar-refractivity contribution < 1.29 is 9.53 Å². The zero-order valence-electron chi connectivity index (χ0n) is 16.1. The number of nitriles is 1. The molecule has 0 bridgehead atoms. The second-order valence-corrected chi connectivity index (χ2v) is 7.20. The molecule has 0 aromatic heterocycles. The average molecular weight is 382 g/mol. The summed E-state index contributed by atoms with van der Waals surface area (Å²) in [7, 11) is 0. The molecule has 1 fully saturated rings. The number of benzene rings is 3. The monoisotopic (exact) mass is 382 g/mol. The maximum atomic E-state index is 12.8. The van der Waals surface area contributed by atoms with E-state index in [0.717, 1.165) is 22.4 Å². The Bertz CT molecular complexity index is 1010. The highest BCUT2D eigenvalue weighted by Crippen LogP contribution is 2.39. The second kappa shape index (κ2) is 8.62. The van der Waals surface area contributed by atoms with Crippen LogP contribution >= 0.6 is 0 Å². The van der Waals surface area contributed by atoms with Crippen LogP contribution in [0.4, 0.5) is 0 Å². The predicted molar refractivity (Wildman–Crippen MR) is 111 cm³/mol. The van der Waals surface area contributed by atoms with E-state index in [2.05, 4.69) is 6.07 Å². The van der Waals surface area contributed by atoms with E-state index in [1.807, 2.05) is 84.9 Å². The van der Waals surface area contributed by atoms with Gasteiger partial charge in [0.2, 0.25) is 5.91 Å². The van der Waals surface area contributed by atoms with Gasteiger partial charge in [0.15, 0.2) is 0 Å². The Balaban J connectivity index is 1.56. The van der Waals surface area contributed by atoms with Gasteiger partial charge in [0.1, 0.15) is 18.4 Å². The largest absolute Gasteiger partial charge is 0.489 e. The van der Waals surface area contributed by atoms with Crippen molar-refractivity contribution >= 4 is 5.91 Å². The first-order valence-corrected chi connectivity index (χ1v) is 9.75. The summed E-state index contributed by atoms with van der Waals surface area (Å²) in [4.78, 5) is 14.4. The number of carbonyl (C=O) groups is 1. The number of likely N-dealkylation sites (tertiary alicyclic amines) is 1. The third-order valence-electron chi connectivity index (χ3n) is 5.32. The van der Waals surface area contributed by atoms with E-state index < -0.39 is 6.04 Å². The molecule has 2 atom stereocenters. The van der Waals surface area contributed by atoms with Crippen molar-refractivity contribution in [2.45, 2.75) is 31.5 Å². The molecule has 3 aromatic rings. The molecule has 0 radical (unpaired) electrons. The minimum Gasteiger partial charge on any atom is -0.489 e. The maximum absolute atomic E-state index is 12.8. The fraction of sp³-hybridized carbons (Fsp3) is 0.200. The highest BCUT2D eigenvalue weighted by molar-refractivity contribution is 5.81. The molecule has 1 amide bonds. The van der Waals surface area contributed by atoms with E-state index in [0.29, 0.717) is 19.6 Å². The second-order valence-electron chi connectivity index (χ2n) is 7.20. The van der Waals surface area contributed by atoms with Crippen LogP contribution in [0.15, 0.2) is 84.9 Å². The van der Waals surface area contributed by atoms with Gasteiger partial charge in [0.05, 0.1) is 6.07 Å². The SMILES string of the molecule is N#C[C@@H]1[C@@H](c2ccccc2OCc2ccccc2)CC(=O)N1Cc1ccccc1. The number of hydrogen-bond donors (Lipinski definition) is 0. The van der Waals surface area contributed by atoms with E-state index in [9.17, 15) is 10.1 Å². The van der Waals surface area contributed by atoms with Gasteiger partial charge in [0.25, 0.3) is 0 Å². The number of ether oxygens (including phenoxy) is 1. The molecule has 0 saturated carbocycles. The molecule has 4 heteroatoms. The Labute approximate surface area is 171 Å². The Hall–Kier alpha value is -3.58. The molecular formula is C25H22N2O2. The van der Waals surface area contributed by atoms with Crippen molar-refractivity contribution in [3.8, 4) is 11.8 Å². The summed E-state index contributed by atoms with van der Waals surface area (Å²) in [5, 5.41) is 9.88. The van der Waals surface area contributed by atoms with Crippen LogP contribution in [-0.4, -0.2) is 16.8 Å². The van der Waals surface area contributed by atoms with Gasteiger partial charge in [0, 0.05) is 24.4 Å². The Morgan fingerprint density at radius 1 is 0.897 bits per heavy atom. The van der Waals surface area contributed by atoms with Crippen LogP contribution in [0.2, 0.25) is 0 Å². The van der Waals surface area contributed by atoms with Gasteiger partial charge in [-0.25, -0.2) is 0 Å². The minimum absolute atomic E-state index is 0.00302. The molecule has 29 heavy (non-hydrogen) atoms. The number of para-hydroxylation sites is 1. The smallest absolute Gasteiger partial charge is 0.224 e. The summed E-state index contributed by atoms with van der Waals surface area (Å²) in [5.74, 6) is 0.530. The normalized spacial score (nSPS) is 18.4. The van der Waals surface area contributed by atoms with Crippen LogP contribution < -0.4 is 4.74 Å². The maximum Gasteiger partial charge on any atom is 0.224 e. The first-order chi connectivity index (χ1) is 14.3. The molecule has 0 unspecified atom stereocenters. The lowest BCUT2D eigenvalue weighted by Crippen LogP contribution is -2.33. The molecule has 144 valence electrons. The Kier molecular flexibility index (Phi) is 5.58. The van der Waals surface area contributed by atoms with Gasteiger partial charge in [-0.15, -0.1) is 0 Å². The summed E-state index contributed by atoms with van der Waals surface area (Å²) in [6.45, 7) is 0.894. The number of carbonyl (C=O) groups excluding carboxylic acids is 1. The van der Waals surface area contributed by atoms with Crippen LogP contribution in [0.5, 0.6) is 5.75 Å². The van der Waals surface area contributed by atoms with Crippen molar-refractivity contribution in [3.05, 3.63) is 102 Å². The third kappa shape index (κ3) is 4.14. The topological polar surface area (TPSA) is 53.3 Å². The number of rotatable bonds is 6. The summed E-state index contributed by atoms with van der Waals surface area (Å²) in [5.41, 5.74) is 3.02. The van der Waals surface area contributed by atoms with Crippen molar-refractivity contribution in [1.82, 2.24) is 4.90 Å². The Morgan fingerprint density at radius 3 is 2.21 bits per heavy atom. The van der Waals surface area contributed by atoms with Gasteiger partial charge in [-0.2, -0.15) is 5.26 Å². The standard InChI is InChI=1S/C25H22N2O2/c26-16-23-22(15-25(28)27(23)17-19-9-3-1-4-10-19)21-13-7-8-14-24(21)29-18-20-11-5-2-6-12-20/h1-14,22-23H,15,17-18H2/t22-,23-/m1/s1. The molecule has 1 saturated heterocycles. The molecule has 3 aromatic carbocycles.